The number of fused-ring (bicyclic) bond motifs is 2. The Kier molecular flexibility index (Phi) is 5.16. The molecule has 14 heteroatoms. The number of carbonyl (C=O) groups is 4. The molecule has 0 bridgehead atoms. The molecule has 4 N–H and O–H groups in total. The summed E-state index contributed by atoms with van der Waals surface area (Å²) in [5.41, 5.74) is -6.29. The van der Waals surface area contributed by atoms with Gasteiger partial charge in [0.1, 0.15) is 22.3 Å². The van der Waals surface area contributed by atoms with Crippen LogP contribution in [0.1, 0.15) is 41.4 Å². The second-order valence-electron chi connectivity index (χ2n) is 5.50. The van der Waals surface area contributed by atoms with E-state index in [0.717, 1.165) is 0 Å². The molecule has 3 rings (SSSR count). The van der Waals surface area contributed by atoms with Gasteiger partial charge in [0.2, 0.25) is 0 Å². The molecule has 0 aliphatic carbocycles. The Balaban J connectivity index is 2.42. The van der Waals surface area contributed by atoms with Crippen LogP contribution in [0.15, 0.2) is 19.6 Å². The van der Waals surface area contributed by atoms with E-state index < -0.39 is 89.0 Å². The van der Waals surface area contributed by atoms with E-state index >= 15 is 0 Å². The molecule has 0 aromatic heterocycles. The van der Waals surface area contributed by atoms with Crippen molar-refractivity contribution < 1.29 is 57.2 Å². The molecule has 0 unspecified atom stereocenters. The molecule has 0 amide bonds. The van der Waals surface area contributed by atoms with Crippen molar-refractivity contribution in [2.75, 3.05) is 0 Å². The number of rotatable bonds is 4. The van der Waals surface area contributed by atoms with Crippen molar-refractivity contribution in [1.82, 2.24) is 0 Å². The Morgan fingerprint density at radius 1 is 0.467 bits per heavy atom. The lowest BCUT2D eigenvalue weighted by Crippen LogP contribution is -2.19. The smallest absolute Gasteiger partial charge is 0.339 e. The molecule has 1 heterocycles. The van der Waals surface area contributed by atoms with Gasteiger partial charge in [0, 0.05) is 0 Å². The highest BCUT2D eigenvalue weighted by atomic mass is 32.2. The number of aromatic carboxylic acids is 4. The van der Waals surface area contributed by atoms with Crippen molar-refractivity contribution in [3.05, 3.63) is 45.5 Å². The van der Waals surface area contributed by atoms with Gasteiger partial charge < -0.3 is 20.4 Å². The molecule has 30 heavy (non-hydrogen) atoms. The summed E-state index contributed by atoms with van der Waals surface area (Å²) in [5.74, 6) is -15.7. The van der Waals surface area contributed by atoms with Gasteiger partial charge in [0.05, 0.1) is 19.6 Å². The zero-order valence-corrected chi connectivity index (χ0v) is 15.4. The summed E-state index contributed by atoms with van der Waals surface area (Å²) in [6.07, 6.45) is 0. The van der Waals surface area contributed by atoms with Gasteiger partial charge in [-0.05, 0) is 0 Å². The van der Waals surface area contributed by atoms with E-state index in [1.165, 1.54) is 0 Å². The predicted octanol–water partition coefficient (Wildman–Crippen LogP) is 3.65. The summed E-state index contributed by atoms with van der Waals surface area (Å²) in [6.45, 7) is 0. The van der Waals surface area contributed by atoms with E-state index in [9.17, 15) is 36.7 Å². The highest BCUT2D eigenvalue weighted by Crippen LogP contribution is 2.54. The maximum atomic E-state index is 14.7. The monoisotopic (exact) mass is 464 g/mol. The average Bonchev–Trinajstić information content (AvgIpc) is 2.64. The van der Waals surface area contributed by atoms with Crippen LogP contribution in [0.2, 0.25) is 0 Å². The minimum absolute atomic E-state index is 0.0953. The summed E-state index contributed by atoms with van der Waals surface area (Å²) in [7, 11) is 0. The molecule has 156 valence electrons. The van der Waals surface area contributed by atoms with Crippen molar-refractivity contribution in [1.29, 1.82) is 0 Å². The Hall–Kier alpha value is -3.26. The van der Waals surface area contributed by atoms with Crippen molar-refractivity contribution >= 4 is 47.4 Å². The molecule has 1 aliphatic rings. The van der Waals surface area contributed by atoms with Crippen LogP contribution in [0.3, 0.4) is 0 Å². The first-order chi connectivity index (χ1) is 13.9. The molecular weight excluding hydrogens is 460 g/mol. The van der Waals surface area contributed by atoms with Gasteiger partial charge >= 0.3 is 23.9 Å². The number of carboxylic acid groups (broad SMARTS) is 4. The normalized spacial score (nSPS) is 12.1. The molecule has 0 radical (unpaired) electrons. The lowest BCUT2D eigenvalue weighted by Gasteiger charge is -2.23. The van der Waals surface area contributed by atoms with E-state index in [2.05, 4.69) is 0 Å². The zero-order chi connectivity index (χ0) is 22.7. The number of carboxylic acids is 4. The lowest BCUT2D eigenvalue weighted by atomic mass is 10.1. The van der Waals surface area contributed by atoms with Crippen LogP contribution in [0.4, 0.5) is 17.6 Å². The van der Waals surface area contributed by atoms with Crippen LogP contribution in [0.5, 0.6) is 0 Å². The minimum Gasteiger partial charge on any atom is -0.478 e. The number of hydrogen-bond donors (Lipinski definition) is 4. The minimum atomic E-state index is -2.15. The Morgan fingerprint density at radius 2 is 0.633 bits per heavy atom. The molecule has 0 atom stereocenters. The Labute approximate surface area is 170 Å². The van der Waals surface area contributed by atoms with Crippen LogP contribution in [-0.4, -0.2) is 44.3 Å². The fourth-order valence-corrected chi connectivity index (χ4v) is 5.07. The van der Waals surface area contributed by atoms with Gasteiger partial charge in [-0.2, -0.15) is 0 Å². The third-order valence-corrected chi connectivity index (χ3v) is 6.46. The number of benzene rings is 2. The Bertz CT molecular complexity index is 1030. The molecule has 8 nitrogen and oxygen atoms in total. The van der Waals surface area contributed by atoms with Gasteiger partial charge in [-0.15, -0.1) is 0 Å². The van der Waals surface area contributed by atoms with E-state index in [-0.39, 0.29) is 23.5 Å². The molecule has 0 fully saturated rings. The second kappa shape index (κ2) is 7.21. The van der Waals surface area contributed by atoms with Gasteiger partial charge in [0.25, 0.3) is 0 Å². The molecule has 2 aromatic carbocycles. The molecule has 2 aromatic rings. The van der Waals surface area contributed by atoms with E-state index in [4.69, 9.17) is 20.4 Å². The summed E-state index contributed by atoms with van der Waals surface area (Å²) < 4.78 is 58.9. The maximum absolute atomic E-state index is 14.7. The van der Waals surface area contributed by atoms with Gasteiger partial charge in [-0.3, -0.25) is 0 Å². The summed E-state index contributed by atoms with van der Waals surface area (Å²) in [4.78, 5) is 41.3. The van der Waals surface area contributed by atoms with Crippen molar-refractivity contribution in [2.24, 2.45) is 0 Å². The lowest BCUT2D eigenvalue weighted by molar-refractivity contribution is 0.0640. The van der Waals surface area contributed by atoms with Crippen molar-refractivity contribution in [2.45, 2.75) is 19.6 Å². The van der Waals surface area contributed by atoms with Crippen molar-refractivity contribution in [3.8, 4) is 0 Å². The van der Waals surface area contributed by atoms with Crippen molar-refractivity contribution in [3.63, 3.8) is 0 Å². The fourth-order valence-electron chi connectivity index (χ4n) is 2.66. The predicted molar refractivity (Wildman–Crippen MR) is 88.8 cm³/mol. The van der Waals surface area contributed by atoms with E-state index in [0.29, 0.717) is 0 Å². The van der Waals surface area contributed by atoms with Gasteiger partial charge in [-0.25, -0.2) is 36.7 Å². The quantitative estimate of drug-likeness (QED) is 0.422. The van der Waals surface area contributed by atoms with Crippen LogP contribution in [0.25, 0.3) is 0 Å². The summed E-state index contributed by atoms with van der Waals surface area (Å²) in [5, 5.41) is 36.3. The Morgan fingerprint density at radius 3 is 0.767 bits per heavy atom. The summed E-state index contributed by atoms with van der Waals surface area (Å²) in [6, 6.07) is 0. The standard InChI is InChI=1S/C16H4F4O8S2/c17-5-1(13(21)22)2(14(23)24)6(18)10-9(5)29-11-7(19)3(15(25)26)4(16(27)28)8(20)12(11)30-10/h(H,21,22)(H,23,24)(H,25,26)(H,27,28). The highest BCUT2D eigenvalue weighted by molar-refractivity contribution is 8.05. The third kappa shape index (κ3) is 2.95. The molecule has 0 saturated carbocycles. The first-order valence-corrected chi connectivity index (χ1v) is 8.92. The molecule has 0 saturated heterocycles. The first-order valence-electron chi connectivity index (χ1n) is 7.28. The van der Waals surface area contributed by atoms with Gasteiger partial charge in [0.15, 0.2) is 23.3 Å². The molecule has 1 aliphatic heterocycles. The van der Waals surface area contributed by atoms with Crippen LogP contribution < -0.4 is 0 Å². The number of hydrogen-bond acceptors (Lipinski definition) is 6. The second-order valence-corrected chi connectivity index (χ2v) is 7.54. The largest absolute Gasteiger partial charge is 0.478 e. The van der Waals surface area contributed by atoms with Crippen LogP contribution in [0, 0.1) is 23.3 Å². The SMILES string of the molecule is O=C(O)c1c(F)c2c(c(F)c1C(=O)O)Sc1c(F)c(C(=O)O)c(C(=O)O)c(F)c1S2. The van der Waals surface area contributed by atoms with Crippen LogP contribution >= 0.6 is 23.5 Å². The summed E-state index contributed by atoms with van der Waals surface area (Å²) >= 11 is -0.191. The average molecular weight is 464 g/mol. The van der Waals surface area contributed by atoms with Crippen LogP contribution in [-0.2, 0) is 0 Å². The third-order valence-electron chi connectivity index (χ3n) is 3.85. The topological polar surface area (TPSA) is 149 Å². The van der Waals surface area contributed by atoms with Gasteiger partial charge in [-0.1, -0.05) is 23.5 Å². The maximum Gasteiger partial charge on any atom is 0.339 e. The molecule has 0 spiro atoms. The fraction of sp³-hybridized carbons (Fsp3) is 0. The number of halogens is 4. The van der Waals surface area contributed by atoms with E-state index in [1.807, 2.05) is 0 Å². The highest BCUT2D eigenvalue weighted by Gasteiger charge is 2.40. The van der Waals surface area contributed by atoms with E-state index in [1.54, 1.807) is 0 Å². The molecular formula is C16H4F4O8S2. The zero-order valence-electron chi connectivity index (χ0n) is 13.8. The first kappa shape index (κ1) is 21.4.